The van der Waals surface area contributed by atoms with Crippen LogP contribution in [0.25, 0.3) is 0 Å². The van der Waals surface area contributed by atoms with Crippen molar-refractivity contribution >= 4 is 41.2 Å². The first-order valence-electron chi connectivity index (χ1n) is 8.51. The highest BCUT2D eigenvalue weighted by Crippen LogP contribution is 2.17. The number of likely N-dealkylation sites (tertiary alicyclic amines) is 1. The van der Waals surface area contributed by atoms with Gasteiger partial charge in [-0.3, -0.25) is 9.59 Å². The molecule has 1 fully saturated rings. The predicted octanol–water partition coefficient (Wildman–Crippen LogP) is 3.02. The number of nitrogens with one attached hydrogen (secondary N) is 1. The third-order valence-corrected chi connectivity index (χ3v) is 5.48. The van der Waals surface area contributed by atoms with Gasteiger partial charge in [0.25, 0.3) is 5.91 Å². The molecule has 3 N–H and O–H groups in total. The number of benzene rings is 1. The van der Waals surface area contributed by atoms with Crippen LogP contribution in [0.1, 0.15) is 33.0 Å². The predicted molar refractivity (Wildman–Crippen MR) is 108 cm³/mol. The number of anilines is 1. The number of carbonyl (C=O) groups is 2. The minimum atomic E-state index is -0.00949. The van der Waals surface area contributed by atoms with Crippen molar-refractivity contribution in [2.45, 2.75) is 32.2 Å². The molecule has 1 aliphatic rings. The molecule has 2 heterocycles. The van der Waals surface area contributed by atoms with Gasteiger partial charge in [0, 0.05) is 29.7 Å². The second-order valence-corrected chi connectivity index (χ2v) is 7.75. The standard InChI is InChI=1S/C19H23N3O2S.ClH/c1-13-2-7-17(25-13)19(24)21-16-8-10-22(11-9-16)18(23)12-14-3-5-15(20)6-4-14;/h2-7,16H,8-12,20H2,1H3,(H,21,24);1H. The third-order valence-electron chi connectivity index (χ3n) is 4.48. The van der Waals surface area contributed by atoms with Crippen molar-refractivity contribution in [3.05, 3.63) is 51.7 Å². The average molecular weight is 394 g/mol. The summed E-state index contributed by atoms with van der Waals surface area (Å²) in [6.45, 7) is 3.36. The molecule has 26 heavy (non-hydrogen) atoms. The third kappa shape index (κ3) is 5.22. The Morgan fingerprint density at radius 2 is 1.81 bits per heavy atom. The molecule has 1 saturated heterocycles. The summed E-state index contributed by atoms with van der Waals surface area (Å²) >= 11 is 1.51. The fourth-order valence-electron chi connectivity index (χ4n) is 3.01. The Morgan fingerprint density at radius 3 is 2.38 bits per heavy atom. The molecule has 0 radical (unpaired) electrons. The maximum Gasteiger partial charge on any atom is 0.261 e. The minimum Gasteiger partial charge on any atom is -0.399 e. The zero-order valence-electron chi connectivity index (χ0n) is 14.7. The van der Waals surface area contributed by atoms with E-state index in [0.717, 1.165) is 28.2 Å². The Morgan fingerprint density at radius 1 is 1.15 bits per heavy atom. The monoisotopic (exact) mass is 393 g/mol. The molecule has 2 aromatic rings. The van der Waals surface area contributed by atoms with E-state index >= 15 is 0 Å². The second kappa shape index (κ2) is 9.05. The van der Waals surface area contributed by atoms with E-state index in [0.29, 0.717) is 25.2 Å². The zero-order valence-corrected chi connectivity index (χ0v) is 16.4. The smallest absolute Gasteiger partial charge is 0.261 e. The number of amides is 2. The van der Waals surface area contributed by atoms with E-state index < -0.39 is 0 Å². The van der Waals surface area contributed by atoms with Gasteiger partial charge in [-0.25, -0.2) is 0 Å². The number of nitrogens with two attached hydrogens (primary N) is 1. The van der Waals surface area contributed by atoms with Crippen LogP contribution in [0.3, 0.4) is 0 Å². The number of halogens is 1. The molecule has 7 heteroatoms. The van der Waals surface area contributed by atoms with E-state index in [1.165, 1.54) is 11.3 Å². The number of carbonyl (C=O) groups excluding carboxylic acids is 2. The average Bonchev–Trinajstić information content (AvgIpc) is 3.04. The topological polar surface area (TPSA) is 75.4 Å². The van der Waals surface area contributed by atoms with Gasteiger partial charge in [-0.15, -0.1) is 23.7 Å². The summed E-state index contributed by atoms with van der Waals surface area (Å²) in [5.74, 6) is 0.119. The van der Waals surface area contributed by atoms with Gasteiger partial charge in [0.1, 0.15) is 0 Å². The highest BCUT2D eigenvalue weighted by atomic mass is 35.5. The van der Waals surface area contributed by atoms with Gasteiger partial charge in [0.15, 0.2) is 0 Å². The number of piperidine rings is 1. The molecule has 0 aliphatic carbocycles. The van der Waals surface area contributed by atoms with Crippen LogP contribution in [-0.4, -0.2) is 35.8 Å². The molecule has 1 aliphatic heterocycles. The van der Waals surface area contributed by atoms with E-state index in [4.69, 9.17) is 5.73 Å². The molecule has 1 aromatic carbocycles. The summed E-state index contributed by atoms with van der Waals surface area (Å²) in [6, 6.07) is 11.4. The van der Waals surface area contributed by atoms with E-state index in [2.05, 4.69) is 5.32 Å². The molecule has 140 valence electrons. The van der Waals surface area contributed by atoms with Crippen LogP contribution in [0.15, 0.2) is 36.4 Å². The van der Waals surface area contributed by atoms with Crippen LogP contribution < -0.4 is 11.1 Å². The molecular weight excluding hydrogens is 370 g/mol. The van der Waals surface area contributed by atoms with Crippen molar-refractivity contribution in [3.8, 4) is 0 Å². The summed E-state index contributed by atoms with van der Waals surface area (Å²) in [4.78, 5) is 28.4. The van der Waals surface area contributed by atoms with Crippen molar-refractivity contribution in [2.24, 2.45) is 0 Å². The van der Waals surface area contributed by atoms with E-state index in [1.54, 1.807) is 0 Å². The van der Waals surface area contributed by atoms with Crippen molar-refractivity contribution in [2.75, 3.05) is 18.8 Å². The van der Waals surface area contributed by atoms with Gasteiger partial charge in [0.05, 0.1) is 11.3 Å². The number of thiophene rings is 1. The lowest BCUT2D eigenvalue weighted by atomic mass is 10.0. The van der Waals surface area contributed by atoms with Crippen molar-refractivity contribution in [1.29, 1.82) is 0 Å². The fourth-order valence-corrected chi connectivity index (χ4v) is 3.78. The van der Waals surface area contributed by atoms with Crippen LogP contribution in [0.2, 0.25) is 0 Å². The molecule has 3 rings (SSSR count). The maximum atomic E-state index is 12.4. The zero-order chi connectivity index (χ0) is 17.8. The molecule has 0 atom stereocenters. The van der Waals surface area contributed by atoms with Crippen LogP contribution >= 0.6 is 23.7 Å². The number of hydrogen-bond donors (Lipinski definition) is 2. The van der Waals surface area contributed by atoms with Crippen LogP contribution in [-0.2, 0) is 11.2 Å². The van der Waals surface area contributed by atoms with Crippen LogP contribution in [0.5, 0.6) is 0 Å². The lowest BCUT2D eigenvalue weighted by Crippen LogP contribution is -2.46. The van der Waals surface area contributed by atoms with Crippen molar-refractivity contribution in [3.63, 3.8) is 0 Å². The fraction of sp³-hybridized carbons (Fsp3) is 0.368. The molecule has 0 unspecified atom stereocenters. The van der Waals surface area contributed by atoms with Gasteiger partial charge in [-0.1, -0.05) is 12.1 Å². The SMILES string of the molecule is Cc1ccc(C(=O)NC2CCN(C(=O)Cc3ccc(N)cc3)CC2)s1.Cl. The van der Waals surface area contributed by atoms with Gasteiger partial charge >= 0.3 is 0 Å². The maximum absolute atomic E-state index is 12.4. The van der Waals surface area contributed by atoms with Crippen LogP contribution in [0, 0.1) is 6.92 Å². The molecular formula is C19H24ClN3O2S. The Hall–Kier alpha value is -2.05. The Bertz CT molecular complexity index is 752. The first kappa shape index (κ1) is 20.3. The van der Waals surface area contributed by atoms with Crippen molar-refractivity contribution in [1.82, 2.24) is 10.2 Å². The highest BCUT2D eigenvalue weighted by Gasteiger charge is 2.24. The molecule has 0 saturated carbocycles. The van der Waals surface area contributed by atoms with Crippen molar-refractivity contribution < 1.29 is 9.59 Å². The Labute approximate surface area is 164 Å². The summed E-state index contributed by atoms with van der Waals surface area (Å²) < 4.78 is 0. The summed E-state index contributed by atoms with van der Waals surface area (Å²) in [7, 11) is 0. The molecule has 5 nitrogen and oxygen atoms in total. The number of rotatable bonds is 4. The lowest BCUT2D eigenvalue weighted by Gasteiger charge is -2.32. The lowest BCUT2D eigenvalue weighted by molar-refractivity contribution is -0.131. The van der Waals surface area contributed by atoms with Gasteiger partial charge in [-0.2, -0.15) is 0 Å². The minimum absolute atomic E-state index is 0. The normalized spacial score (nSPS) is 14.6. The summed E-state index contributed by atoms with van der Waals surface area (Å²) in [5.41, 5.74) is 7.35. The number of nitrogens with zero attached hydrogens (tertiary/aromatic N) is 1. The van der Waals surface area contributed by atoms with Gasteiger partial charge < -0.3 is 16.0 Å². The Balaban J connectivity index is 0.00000243. The number of hydrogen-bond acceptors (Lipinski definition) is 4. The van der Waals surface area contributed by atoms with E-state index in [9.17, 15) is 9.59 Å². The highest BCUT2D eigenvalue weighted by molar-refractivity contribution is 7.13. The largest absolute Gasteiger partial charge is 0.399 e. The Kier molecular flexibility index (Phi) is 7.06. The van der Waals surface area contributed by atoms with Crippen LogP contribution in [0.4, 0.5) is 5.69 Å². The second-order valence-electron chi connectivity index (χ2n) is 6.46. The quantitative estimate of drug-likeness (QED) is 0.784. The summed E-state index contributed by atoms with van der Waals surface area (Å²) in [5, 5.41) is 3.08. The number of aryl methyl sites for hydroxylation is 1. The first-order chi connectivity index (χ1) is 12.0. The van der Waals surface area contributed by atoms with E-state index in [-0.39, 0.29) is 30.3 Å². The summed E-state index contributed by atoms with van der Waals surface area (Å²) in [6.07, 6.45) is 1.99. The molecule has 2 amide bonds. The number of nitrogen functional groups attached to an aromatic ring is 1. The van der Waals surface area contributed by atoms with Gasteiger partial charge in [-0.05, 0) is 49.6 Å². The first-order valence-corrected chi connectivity index (χ1v) is 9.32. The van der Waals surface area contributed by atoms with Gasteiger partial charge in [0.2, 0.25) is 5.91 Å². The molecule has 0 bridgehead atoms. The van der Waals surface area contributed by atoms with E-state index in [1.807, 2.05) is 48.2 Å². The molecule has 0 spiro atoms. The molecule has 1 aromatic heterocycles.